The van der Waals surface area contributed by atoms with Crippen LogP contribution in [0.4, 0.5) is 0 Å². The minimum Gasteiger partial charge on any atom is -0.481 e. The molecule has 3 aromatic rings. The summed E-state index contributed by atoms with van der Waals surface area (Å²) in [6.45, 7) is 4.11. The standard InChI is InChI=1S/C18H19N3O2/c1-4-8-14-12(2)21-11-15(19-18(21)20-17(14)23-3)16(22)13-9-6-5-7-10-13/h5-7,9-11H,4,8H2,1-3H3. The van der Waals surface area contributed by atoms with Gasteiger partial charge in [0.15, 0.2) is 0 Å². The summed E-state index contributed by atoms with van der Waals surface area (Å²) in [7, 11) is 1.61. The van der Waals surface area contributed by atoms with Gasteiger partial charge in [-0.1, -0.05) is 43.7 Å². The zero-order valence-corrected chi connectivity index (χ0v) is 13.5. The SMILES string of the molecule is CCCc1c(OC)nc2nc(C(=O)c3ccccc3)cn2c1C. The van der Waals surface area contributed by atoms with E-state index in [1.165, 1.54) is 0 Å². The van der Waals surface area contributed by atoms with Gasteiger partial charge in [0.1, 0.15) is 5.69 Å². The molecule has 1 aromatic carbocycles. The Morgan fingerprint density at radius 1 is 1.22 bits per heavy atom. The first-order valence-corrected chi connectivity index (χ1v) is 7.68. The molecular formula is C18H19N3O2. The van der Waals surface area contributed by atoms with Crippen LogP contribution in [-0.4, -0.2) is 27.3 Å². The maximum atomic E-state index is 12.6. The Bertz CT molecular complexity index is 854. The van der Waals surface area contributed by atoms with Crippen LogP contribution < -0.4 is 4.74 Å². The lowest BCUT2D eigenvalue weighted by Gasteiger charge is -2.11. The molecule has 0 saturated heterocycles. The zero-order chi connectivity index (χ0) is 16.4. The number of rotatable bonds is 5. The van der Waals surface area contributed by atoms with E-state index in [4.69, 9.17) is 4.74 Å². The molecule has 0 N–H and O–H groups in total. The first kappa shape index (κ1) is 15.2. The summed E-state index contributed by atoms with van der Waals surface area (Å²) in [6.07, 6.45) is 3.62. The molecule has 5 nitrogen and oxygen atoms in total. The molecule has 0 saturated carbocycles. The Balaban J connectivity index is 2.12. The Morgan fingerprint density at radius 3 is 2.61 bits per heavy atom. The number of methoxy groups -OCH3 is 1. The molecule has 2 aromatic heterocycles. The number of hydrogen-bond donors (Lipinski definition) is 0. The van der Waals surface area contributed by atoms with Crippen molar-refractivity contribution in [2.45, 2.75) is 26.7 Å². The van der Waals surface area contributed by atoms with E-state index in [2.05, 4.69) is 16.9 Å². The Morgan fingerprint density at radius 2 is 1.96 bits per heavy atom. The predicted octanol–water partition coefficient (Wildman–Crippen LogP) is 3.23. The molecule has 0 unspecified atom stereocenters. The Hall–Kier alpha value is -2.69. The predicted molar refractivity (Wildman–Crippen MR) is 88.1 cm³/mol. The molecule has 0 spiro atoms. The third kappa shape index (κ3) is 2.70. The van der Waals surface area contributed by atoms with Gasteiger partial charge in [-0.3, -0.25) is 9.20 Å². The summed E-state index contributed by atoms with van der Waals surface area (Å²) < 4.78 is 7.26. The third-order valence-electron chi connectivity index (χ3n) is 3.91. The largest absolute Gasteiger partial charge is 0.481 e. The molecular weight excluding hydrogens is 290 g/mol. The van der Waals surface area contributed by atoms with Crippen molar-refractivity contribution in [3.63, 3.8) is 0 Å². The fourth-order valence-corrected chi connectivity index (χ4v) is 2.71. The van der Waals surface area contributed by atoms with Gasteiger partial charge >= 0.3 is 0 Å². The fraction of sp³-hybridized carbons (Fsp3) is 0.278. The minimum absolute atomic E-state index is 0.105. The first-order valence-electron chi connectivity index (χ1n) is 7.68. The molecule has 0 radical (unpaired) electrons. The smallest absolute Gasteiger partial charge is 0.237 e. The van der Waals surface area contributed by atoms with Gasteiger partial charge in [-0.05, 0) is 13.3 Å². The summed E-state index contributed by atoms with van der Waals surface area (Å²) in [5.74, 6) is 0.964. The van der Waals surface area contributed by atoms with E-state index in [0.717, 1.165) is 24.1 Å². The lowest BCUT2D eigenvalue weighted by atomic mass is 10.1. The van der Waals surface area contributed by atoms with Crippen LogP contribution in [0, 0.1) is 6.92 Å². The highest BCUT2D eigenvalue weighted by atomic mass is 16.5. The van der Waals surface area contributed by atoms with E-state index >= 15 is 0 Å². The lowest BCUT2D eigenvalue weighted by Crippen LogP contribution is -2.04. The highest BCUT2D eigenvalue weighted by Gasteiger charge is 2.18. The van der Waals surface area contributed by atoms with E-state index in [-0.39, 0.29) is 5.78 Å². The van der Waals surface area contributed by atoms with Crippen LogP contribution in [0.3, 0.4) is 0 Å². The molecule has 0 bridgehead atoms. The number of aryl methyl sites for hydroxylation is 1. The summed E-state index contributed by atoms with van der Waals surface area (Å²) >= 11 is 0. The van der Waals surface area contributed by atoms with Gasteiger partial charge in [-0.15, -0.1) is 0 Å². The molecule has 118 valence electrons. The maximum Gasteiger partial charge on any atom is 0.237 e. The molecule has 0 amide bonds. The van der Waals surface area contributed by atoms with Gasteiger partial charge in [0.05, 0.1) is 7.11 Å². The van der Waals surface area contributed by atoms with Crippen LogP contribution in [0.2, 0.25) is 0 Å². The highest BCUT2D eigenvalue weighted by Crippen LogP contribution is 2.23. The lowest BCUT2D eigenvalue weighted by molar-refractivity contribution is 0.103. The van der Waals surface area contributed by atoms with E-state index in [0.29, 0.717) is 22.9 Å². The number of ether oxygens (including phenoxy) is 1. The van der Waals surface area contributed by atoms with Gasteiger partial charge in [0.2, 0.25) is 17.4 Å². The molecule has 3 rings (SSSR count). The second-order valence-electron chi connectivity index (χ2n) is 5.43. The van der Waals surface area contributed by atoms with Gasteiger partial charge < -0.3 is 4.74 Å². The van der Waals surface area contributed by atoms with Crippen LogP contribution in [0.1, 0.15) is 40.7 Å². The number of imidazole rings is 1. The average molecular weight is 309 g/mol. The molecule has 0 atom stereocenters. The molecule has 0 fully saturated rings. The number of nitrogens with zero attached hydrogens (tertiary/aromatic N) is 3. The van der Waals surface area contributed by atoms with Gasteiger partial charge in [-0.2, -0.15) is 4.98 Å². The number of carbonyl (C=O) groups is 1. The van der Waals surface area contributed by atoms with E-state index < -0.39 is 0 Å². The van der Waals surface area contributed by atoms with Crippen molar-refractivity contribution in [3.05, 3.63) is 59.0 Å². The van der Waals surface area contributed by atoms with Crippen molar-refractivity contribution in [2.24, 2.45) is 0 Å². The second-order valence-corrected chi connectivity index (χ2v) is 5.43. The average Bonchev–Trinajstić information content (AvgIpc) is 3.01. The van der Waals surface area contributed by atoms with Crippen LogP contribution in [0.5, 0.6) is 5.88 Å². The number of carbonyl (C=O) groups excluding carboxylic acids is 1. The monoisotopic (exact) mass is 309 g/mol. The van der Waals surface area contributed by atoms with Crippen molar-refractivity contribution in [3.8, 4) is 5.88 Å². The molecule has 2 heterocycles. The number of hydrogen-bond acceptors (Lipinski definition) is 4. The minimum atomic E-state index is -0.105. The molecule has 23 heavy (non-hydrogen) atoms. The van der Waals surface area contributed by atoms with Crippen molar-refractivity contribution < 1.29 is 9.53 Å². The summed E-state index contributed by atoms with van der Waals surface area (Å²) in [6, 6.07) is 9.14. The van der Waals surface area contributed by atoms with Crippen LogP contribution in [-0.2, 0) is 6.42 Å². The highest BCUT2D eigenvalue weighted by molar-refractivity contribution is 6.07. The summed E-state index contributed by atoms with van der Waals surface area (Å²) in [4.78, 5) is 21.4. The molecule has 0 aliphatic carbocycles. The quantitative estimate of drug-likeness (QED) is 0.679. The van der Waals surface area contributed by atoms with Gasteiger partial charge in [-0.25, -0.2) is 4.98 Å². The number of ketones is 1. The molecule has 0 aliphatic rings. The summed E-state index contributed by atoms with van der Waals surface area (Å²) in [5.41, 5.74) is 3.07. The van der Waals surface area contributed by atoms with Crippen molar-refractivity contribution >= 4 is 11.6 Å². The molecule has 0 aliphatic heterocycles. The Kier molecular flexibility index (Phi) is 4.10. The number of fused-ring (bicyclic) bond motifs is 1. The van der Waals surface area contributed by atoms with Crippen LogP contribution in [0.15, 0.2) is 36.5 Å². The van der Waals surface area contributed by atoms with Crippen LogP contribution in [0.25, 0.3) is 5.78 Å². The van der Waals surface area contributed by atoms with E-state index in [1.807, 2.05) is 29.5 Å². The zero-order valence-electron chi connectivity index (χ0n) is 13.5. The summed E-state index contributed by atoms with van der Waals surface area (Å²) in [5, 5.41) is 0. The van der Waals surface area contributed by atoms with Crippen molar-refractivity contribution in [1.82, 2.24) is 14.4 Å². The molecule has 5 heteroatoms. The Labute approximate surface area is 135 Å². The van der Waals surface area contributed by atoms with E-state index in [1.54, 1.807) is 25.4 Å². The van der Waals surface area contributed by atoms with Gasteiger partial charge in [0.25, 0.3) is 0 Å². The maximum absolute atomic E-state index is 12.6. The second kappa shape index (κ2) is 6.20. The number of aromatic nitrogens is 3. The topological polar surface area (TPSA) is 56.5 Å². The number of benzene rings is 1. The first-order chi connectivity index (χ1) is 11.2. The van der Waals surface area contributed by atoms with Crippen LogP contribution >= 0.6 is 0 Å². The van der Waals surface area contributed by atoms with Crippen molar-refractivity contribution in [2.75, 3.05) is 7.11 Å². The third-order valence-corrected chi connectivity index (χ3v) is 3.91. The van der Waals surface area contributed by atoms with Crippen molar-refractivity contribution in [1.29, 1.82) is 0 Å². The van der Waals surface area contributed by atoms with Gasteiger partial charge in [0, 0.05) is 23.0 Å². The fourth-order valence-electron chi connectivity index (χ4n) is 2.71. The normalized spacial score (nSPS) is 10.9. The van der Waals surface area contributed by atoms with E-state index in [9.17, 15) is 4.79 Å².